The van der Waals surface area contributed by atoms with E-state index in [0.717, 1.165) is 79.0 Å². The third kappa shape index (κ3) is 45.8. The van der Waals surface area contributed by atoms with Gasteiger partial charge in [-0.15, -0.1) is 0 Å². The van der Waals surface area contributed by atoms with Gasteiger partial charge >= 0.3 is 30.0 Å². The number of ether oxygens (including phenoxy) is 7. The number of fused-ring (bicyclic) bond motifs is 3. The van der Waals surface area contributed by atoms with E-state index in [0.29, 0.717) is 12.8 Å². The molecule has 7 N–H and O–H groups in total. The highest BCUT2D eigenvalue weighted by Crippen LogP contribution is 2.44. The van der Waals surface area contributed by atoms with Crippen LogP contribution in [0.5, 0.6) is 0 Å². The molecule has 0 saturated carbocycles. The zero-order valence-electron chi connectivity index (χ0n) is 72.2. The van der Waals surface area contributed by atoms with Crippen LogP contribution in [-0.2, 0) is 81.1 Å². The van der Waals surface area contributed by atoms with Gasteiger partial charge in [-0.3, -0.25) is 43.2 Å². The lowest BCUT2D eigenvalue weighted by molar-refractivity contribution is -0.167. The molecule has 0 aliphatic heterocycles. The quantitative estimate of drug-likeness (QED) is 0.0184. The molecule has 1 aliphatic carbocycles. The summed E-state index contributed by atoms with van der Waals surface area (Å²) in [5.41, 5.74) is 0.492. The first-order valence-corrected chi connectivity index (χ1v) is 43.6. The fourth-order valence-corrected chi connectivity index (χ4v) is 14.3. The van der Waals surface area contributed by atoms with Crippen molar-refractivity contribution in [1.29, 1.82) is 0 Å². The van der Waals surface area contributed by atoms with Gasteiger partial charge in [-0.1, -0.05) is 216 Å². The molecule has 26 heteroatoms. The van der Waals surface area contributed by atoms with Crippen LogP contribution in [0.15, 0.2) is 48.5 Å². The van der Waals surface area contributed by atoms with Crippen molar-refractivity contribution in [2.24, 2.45) is 0 Å². The number of hydrogen-bond donors (Lipinski definition) is 7. The zero-order valence-corrected chi connectivity index (χ0v) is 73.0. The Morgan fingerprint density at radius 3 is 1.29 bits per heavy atom. The maximum absolute atomic E-state index is 14.5. The molecule has 0 saturated heterocycles. The summed E-state index contributed by atoms with van der Waals surface area (Å²) in [5, 5.41) is 17.8. The van der Waals surface area contributed by atoms with Gasteiger partial charge in [-0.25, -0.2) is 9.59 Å². The monoisotopic (exact) mass is 1620 g/mol. The minimum Gasteiger partial charge on any atom is -0.462 e. The van der Waals surface area contributed by atoms with Crippen LogP contribution in [0.3, 0.4) is 0 Å². The van der Waals surface area contributed by atoms with Gasteiger partial charge in [0.05, 0.1) is 43.0 Å². The van der Waals surface area contributed by atoms with Gasteiger partial charge < -0.3 is 70.4 Å². The summed E-state index contributed by atoms with van der Waals surface area (Å²) in [6.45, 7) is 25.7. The maximum atomic E-state index is 14.5. The second kappa shape index (κ2) is 54.6. The summed E-state index contributed by atoms with van der Waals surface area (Å²) in [7, 11) is 0. The molecule has 0 fully saturated rings. The Labute approximate surface area is 686 Å². The predicted molar refractivity (Wildman–Crippen MR) is 447 cm³/mol. The summed E-state index contributed by atoms with van der Waals surface area (Å²) >= 11 is 1.15. The molecule has 0 unspecified atom stereocenters. The van der Waals surface area contributed by atoms with E-state index in [1.165, 1.54) is 116 Å². The van der Waals surface area contributed by atoms with Gasteiger partial charge in [0.25, 0.3) is 0 Å². The molecule has 0 radical (unpaired) electrons. The normalized spacial score (nSPS) is 14.1. The van der Waals surface area contributed by atoms with Gasteiger partial charge in [0.2, 0.25) is 35.4 Å². The fourth-order valence-electron chi connectivity index (χ4n) is 13.3. The van der Waals surface area contributed by atoms with Crippen LogP contribution in [0.25, 0.3) is 11.1 Å². The number of amides is 7. The molecule has 7 amide bonds. The number of hydrogen-bond acceptors (Lipinski definition) is 19. The van der Waals surface area contributed by atoms with Gasteiger partial charge in [0, 0.05) is 36.7 Å². The van der Waals surface area contributed by atoms with Crippen molar-refractivity contribution >= 4 is 77.2 Å². The summed E-state index contributed by atoms with van der Waals surface area (Å²) in [6.07, 6.45) is 25.9. The number of carbonyl (C=O) groups excluding carboxylic acids is 11. The predicted octanol–water partition coefficient (Wildman–Crippen LogP) is 14.7. The molecule has 0 heterocycles. The Morgan fingerprint density at radius 1 is 0.404 bits per heavy atom. The highest BCUT2D eigenvalue weighted by molar-refractivity contribution is 7.99. The Bertz CT molecular complexity index is 3190. The van der Waals surface area contributed by atoms with Crippen molar-refractivity contribution in [2.45, 2.75) is 374 Å². The van der Waals surface area contributed by atoms with Crippen LogP contribution in [0, 0.1) is 0 Å². The van der Waals surface area contributed by atoms with Gasteiger partial charge in [-0.2, -0.15) is 11.8 Å². The van der Waals surface area contributed by atoms with E-state index in [-0.39, 0.29) is 56.3 Å². The Morgan fingerprint density at radius 2 is 0.825 bits per heavy atom. The third-order valence-corrected chi connectivity index (χ3v) is 20.0. The van der Waals surface area contributed by atoms with Crippen LogP contribution in [0.2, 0.25) is 0 Å². The smallest absolute Gasteiger partial charge is 0.407 e. The van der Waals surface area contributed by atoms with E-state index in [1.807, 2.05) is 48.5 Å². The van der Waals surface area contributed by atoms with E-state index < -0.39 is 150 Å². The van der Waals surface area contributed by atoms with E-state index in [2.05, 4.69) is 51.1 Å². The molecule has 7 atom stereocenters. The molecule has 0 aromatic heterocycles. The summed E-state index contributed by atoms with van der Waals surface area (Å²) < 4.78 is 41.0. The lowest BCUT2D eigenvalue weighted by atomic mass is 9.98. The molecule has 0 spiro atoms. The number of benzene rings is 2. The second-order valence-corrected chi connectivity index (χ2v) is 35.3. The van der Waals surface area contributed by atoms with Crippen LogP contribution in [0.1, 0.15) is 320 Å². The first-order chi connectivity index (χ1) is 53.9. The summed E-state index contributed by atoms with van der Waals surface area (Å²) in [5.74, 6) is -7.91. The number of alkyl carbamates (subject to hydrolysis) is 1. The minimum atomic E-state index is -1.52. The number of unbranched alkanes of at least 4 members (excludes halogenated alkanes) is 24. The lowest BCUT2D eigenvalue weighted by Crippen LogP contribution is -2.62. The molecule has 2 aromatic rings. The molecule has 646 valence electrons. The number of esters is 4. The van der Waals surface area contributed by atoms with Gasteiger partial charge in [0.1, 0.15) is 48.6 Å². The van der Waals surface area contributed by atoms with E-state index in [9.17, 15) is 52.7 Å². The van der Waals surface area contributed by atoms with Crippen molar-refractivity contribution in [3.8, 4) is 11.1 Å². The highest BCUT2D eigenvalue weighted by atomic mass is 32.2. The van der Waals surface area contributed by atoms with Crippen LogP contribution >= 0.6 is 11.8 Å². The Hall–Kier alpha value is -7.32. The minimum absolute atomic E-state index is 0.0677. The number of nitrogens with one attached hydrogen (secondary N) is 7. The SMILES string of the molecule is CCCCCCCCCCCCCCCC(=O)OC[C@@H](CSC[C@@H](NC(=O)OCC1c2ccccc2-c2ccccc21)C(=O)NCC(=O)NCC(=O)NCC(=O)N[C@@H](CCC(=O)OC(C)(C)C)C(=O)N[C@H](C(=O)N[C@H](C(=O)OC(C)(C)C)[C@@H](C)OC(C)(C)C)[C@@H](C)OC(C)(C)C)OC(=O)CCCCCCCCCCCCCCC. The molecule has 3 rings (SSSR count). The van der Waals surface area contributed by atoms with E-state index in [4.69, 9.17) is 33.2 Å². The number of thioether (sulfide) groups is 1. The standard InChI is InChI=1S/C88H145N7O18S/c1-17-19-21-23-25-27-29-31-33-35-37-39-41-51-75(99)107-58-64(109-76(100)52-42-40-38-36-34-32-30-28-26-24-22-20-18-2)60-114-61-71(93-84(106)108-59-69-67-49-45-43-47-65(67)66-48-44-46-50-68(66)69)80(102)91-56-73(97)89-55-72(96)90-57-74(98)92-70(53-54-77(101)112-87(11,12)13)81(103)94-78(62(3)110-85(5,6)7)82(104)95-79(63(4)111-86(8,9)10)83(105)113-88(14,15)16/h43-50,62-64,69-71,78-79H,17-42,51-61H2,1-16H3,(H,89,97)(H,90,96)(H,91,102)(H,92,98)(H,93,106)(H,94,103)(H,95,104)/t62-,63-,64+,70+,71-,78+,79+/m1/s1. The topological polar surface area (TPSA) is 337 Å². The molecular weight excluding hydrogens is 1480 g/mol. The van der Waals surface area contributed by atoms with Crippen molar-refractivity contribution in [3.63, 3.8) is 0 Å². The first kappa shape index (κ1) is 101. The van der Waals surface area contributed by atoms with Crippen LogP contribution < -0.4 is 37.2 Å². The van der Waals surface area contributed by atoms with Crippen molar-refractivity contribution in [3.05, 3.63) is 59.7 Å². The molecule has 25 nitrogen and oxygen atoms in total. The number of rotatable bonds is 58. The Kier molecular flexibility index (Phi) is 48.3. The molecule has 1 aliphatic rings. The fraction of sp³-hybridized carbons (Fsp3) is 0.739. The third-order valence-electron chi connectivity index (χ3n) is 18.8. The average Bonchev–Trinajstić information content (AvgIpc) is 1.62. The molecular formula is C88H145N7O18S. The summed E-state index contributed by atoms with van der Waals surface area (Å²) in [6, 6.07) is 9.91. The summed E-state index contributed by atoms with van der Waals surface area (Å²) in [4.78, 5) is 151. The van der Waals surface area contributed by atoms with Crippen LogP contribution in [0.4, 0.5) is 4.79 Å². The average molecular weight is 1620 g/mol. The van der Waals surface area contributed by atoms with Gasteiger partial charge in [0.15, 0.2) is 6.04 Å². The van der Waals surface area contributed by atoms with Gasteiger partial charge in [-0.05, 0) is 138 Å². The molecule has 0 bridgehead atoms. The number of carbonyl (C=O) groups is 11. The van der Waals surface area contributed by atoms with E-state index >= 15 is 0 Å². The maximum Gasteiger partial charge on any atom is 0.407 e. The molecule has 114 heavy (non-hydrogen) atoms. The Balaban J connectivity index is 1.76. The highest BCUT2D eigenvalue weighted by Gasteiger charge is 2.40. The van der Waals surface area contributed by atoms with E-state index in [1.54, 1.807) is 90.0 Å². The van der Waals surface area contributed by atoms with Crippen LogP contribution in [-0.4, -0.2) is 175 Å². The zero-order chi connectivity index (χ0) is 84.7. The first-order valence-electron chi connectivity index (χ1n) is 42.4. The molecule has 2 aromatic carbocycles. The van der Waals surface area contributed by atoms with Crippen molar-refractivity contribution in [2.75, 3.05) is 44.4 Å². The van der Waals surface area contributed by atoms with Crippen molar-refractivity contribution < 1.29 is 85.9 Å². The van der Waals surface area contributed by atoms with Crippen molar-refractivity contribution in [1.82, 2.24) is 37.2 Å². The largest absolute Gasteiger partial charge is 0.462 e. The lowest BCUT2D eigenvalue weighted by Gasteiger charge is -2.35. The second-order valence-electron chi connectivity index (χ2n) is 34.2.